The van der Waals surface area contributed by atoms with Crippen molar-refractivity contribution >= 4 is 63.3 Å². The number of rotatable bonds is 20. The van der Waals surface area contributed by atoms with Crippen molar-refractivity contribution in [1.29, 1.82) is 0 Å². The molecular weight excluding hydrogens is 1270 g/mol. The largest absolute Gasteiger partial charge is 0.535 e. The summed E-state index contributed by atoms with van der Waals surface area (Å²) in [4.78, 5) is 44.0. The summed E-state index contributed by atoms with van der Waals surface area (Å²) < 4.78 is 362. The first kappa shape index (κ1) is 62.4. The van der Waals surface area contributed by atoms with E-state index in [1.54, 1.807) is 0 Å². The van der Waals surface area contributed by atoms with Crippen LogP contribution in [0.1, 0.15) is 72.6 Å². The molecule has 0 radical (unpaired) electrons. The molecule has 2 spiro atoms. The zero-order valence-electron chi connectivity index (χ0n) is 35.6. The number of hydrogen-bond donors (Lipinski definition) is 0. The summed E-state index contributed by atoms with van der Waals surface area (Å²) in [7, 11) is 0. The van der Waals surface area contributed by atoms with Crippen LogP contribution in [0.2, 0.25) is 0 Å². The number of hydrogen-bond acceptors (Lipinski definition) is 3. The Kier molecular flexibility index (Phi) is 15.9. The lowest BCUT2D eigenvalue weighted by Gasteiger charge is -2.69. The molecule has 408 valence electrons. The maximum absolute atomic E-state index is 16.2. The van der Waals surface area contributed by atoms with E-state index < -0.39 is 181 Å². The topological polar surface area (TPSA) is 54.5 Å². The third-order valence-corrected chi connectivity index (χ3v) is 16.5. The number of quaternary nitrogens is 2. The average Bonchev–Trinajstić information content (AvgIpc) is 3.18. The summed E-state index contributed by atoms with van der Waals surface area (Å²) in [5.41, 5.74) is 0. The quantitative estimate of drug-likeness (QED) is 0.0305. The molecule has 3 rings (SSSR count). The van der Waals surface area contributed by atoms with Gasteiger partial charge in [-0.1, -0.05) is 39.2 Å². The highest BCUT2D eigenvalue weighted by Crippen LogP contribution is 2.70. The molecule has 3 fully saturated rings. The molecule has 0 aliphatic carbocycles. The van der Waals surface area contributed by atoms with Gasteiger partial charge in [0.1, 0.15) is 12.6 Å². The van der Waals surface area contributed by atoms with Crippen LogP contribution in [0.25, 0.3) is 0 Å². The van der Waals surface area contributed by atoms with E-state index in [-0.39, 0.29) is 11.3 Å². The first-order valence-electron chi connectivity index (χ1n) is 19.8. The number of alkyl halides is 28. The molecule has 34 heteroatoms. The van der Waals surface area contributed by atoms with Gasteiger partial charge in [-0.2, -0.15) is 124 Å². The van der Waals surface area contributed by atoms with Gasteiger partial charge in [0.2, 0.25) is 0 Å². The van der Waals surface area contributed by atoms with Crippen molar-refractivity contribution in [1.82, 2.24) is 4.90 Å². The maximum atomic E-state index is 16.2. The molecule has 0 bridgehead atoms. The van der Waals surface area contributed by atoms with Gasteiger partial charge in [0, 0.05) is 32.6 Å². The van der Waals surface area contributed by atoms with E-state index in [0.29, 0.717) is 19.9 Å². The summed E-state index contributed by atoms with van der Waals surface area (Å²) in [6, 6.07) is -8.26. The van der Waals surface area contributed by atoms with E-state index in [4.69, 9.17) is 0 Å². The molecule has 70 heavy (non-hydrogen) atoms. The van der Waals surface area contributed by atoms with Crippen molar-refractivity contribution in [2.75, 3.05) is 13.1 Å². The number of imide groups is 3. The van der Waals surface area contributed by atoms with Crippen molar-refractivity contribution in [2.24, 2.45) is 17.8 Å². The van der Waals surface area contributed by atoms with Crippen molar-refractivity contribution in [2.45, 2.75) is 157 Å². The van der Waals surface area contributed by atoms with Gasteiger partial charge in [0.25, 0.3) is 0 Å². The Hall–Kier alpha value is -1.89. The number of carbonyl (C=O) groups is 3. The van der Waals surface area contributed by atoms with Crippen LogP contribution >= 0.6 is 45.2 Å². The minimum absolute atomic E-state index is 0.0179. The molecule has 3 aliphatic heterocycles. The normalized spacial score (nSPS) is 30.0. The summed E-state index contributed by atoms with van der Waals surface area (Å²) in [5.74, 6) is -88.0. The molecule has 0 N–H and O–H groups in total. The van der Waals surface area contributed by atoms with Crippen LogP contribution in [0.15, 0.2) is 12.7 Å². The van der Waals surface area contributed by atoms with E-state index in [1.165, 1.54) is 6.92 Å². The zero-order chi connectivity index (χ0) is 55.7. The number of carbonyl (C=O) groups excluding carboxylic acids is 3. The predicted octanol–water partition coefficient (Wildman–Crippen LogP) is 15.3. The molecular formula is C36H37F26I2N3O3+2. The molecule has 3 saturated heterocycles. The van der Waals surface area contributed by atoms with Crippen LogP contribution in [-0.2, 0) is 0 Å². The van der Waals surface area contributed by atoms with Crippen LogP contribution in [-0.4, -0.2) is 130 Å². The van der Waals surface area contributed by atoms with Crippen LogP contribution in [0, 0.1) is 17.8 Å². The summed E-state index contributed by atoms with van der Waals surface area (Å²) >= 11 is 1.71. The fraction of sp³-hybridized carbons (Fsp3) is 0.861. The smallest absolute Gasteiger partial charge is 0.206 e. The number of urea groups is 3. The Morgan fingerprint density at radius 2 is 1.01 bits per heavy atom. The highest BCUT2D eigenvalue weighted by molar-refractivity contribution is 14.1. The lowest BCUT2D eigenvalue weighted by Crippen LogP contribution is -2.98. The lowest BCUT2D eigenvalue weighted by molar-refractivity contribution is -1.00. The fourth-order valence-electron chi connectivity index (χ4n) is 9.22. The molecule has 0 aromatic heterocycles. The van der Waals surface area contributed by atoms with Gasteiger partial charge in [0.15, 0.2) is 7.09 Å². The third-order valence-electron chi connectivity index (χ3n) is 13.4. The second kappa shape index (κ2) is 17.9. The first-order valence-corrected chi connectivity index (χ1v) is 22.0. The molecule has 7 unspecified atom stereocenters. The zero-order valence-corrected chi connectivity index (χ0v) is 39.9. The minimum Gasteiger partial charge on any atom is -0.206 e. The van der Waals surface area contributed by atoms with Crippen LogP contribution < -0.4 is 0 Å². The van der Waals surface area contributed by atoms with Gasteiger partial charge in [-0.05, 0) is 58.0 Å². The van der Waals surface area contributed by atoms with E-state index in [0.717, 1.165) is 52.1 Å². The van der Waals surface area contributed by atoms with Crippen molar-refractivity contribution in [3.63, 3.8) is 0 Å². The average molecular weight is 1310 g/mol. The third kappa shape index (κ3) is 7.67. The Bertz CT molecular complexity index is 2040. The van der Waals surface area contributed by atoms with E-state index in [2.05, 4.69) is 6.58 Å². The fourth-order valence-corrected chi connectivity index (χ4v) is 11.9. The highest BCUT2D eigenvalue weighted by atomic mass is 127. The van der Waals surface area contributed by atoms with Gasteiger partial charge in [0.05, 0.1) is 18.4 Å². The Morgan fingerprint density at radius 3 is 1.39 bits per heavy atom. The van der Waals surface area contributed by atoms with Crippen LogP contribution in [0.5, 0.6) is 0 Å². The van der Waals surface area contributed by atoms with Gasteiger partial charge < -0.3 is 0 Å². The van der Waals surface area contributed by atoms with Gasteiger partial charge in [-0.25, -0.2) is 9.59 Å². The molecule has 3 aliphatic rings. The maximum Gasteiger partial charge on any atom is 0.535 e. The van der Waals surface area contributed by atoms with Crippen molar-refractivity contribution in [3.8, 4) is 0 Å². The lowest BCUT2D eigenvalue weighted by atomic mass is 9.67. The monoisotopic (exact) mass is 1310 g/mol. The van der Waals surface area contributed by atoms with E-state index in [9.17, 15) is 88.6 Å². The van der Waals surface area contributed by atoms with Crippen molar-refractivity contribution in [3.05, 3.63) is 12.7 Å². The van der Waals surface area contributed by atoms with Gasteiger partial charge in [-0.15, -0.1) is 15.5 Å². The van der Waals surface area contributed by atoms with Gasteiger partial charge in [-0.3, -0.25) is 0 Å². The number of halogens is 28. The molecule has 0 aromatic carbocycles. The molecule has 6 amide bonds. The predicted molar refractivity (Wildman–Crippen MR) is 203 cm³/mol. The standard InChI is InChI=1S/C36H37F26I2N3O3/c1-6-9-11-16(26(39,40)28(43,44)30(47,48)32(51,52)34(55,56)36(60,61)62)18-15-66(23(18,4)63)20(68)65(13-8-3)21(69)67(22(66)70)19(12-10-7-2)17(24(67,5)64)14-25(37,38)27(41,42)29(45,46)31(49,50)33(53,54)35(57,58)59/h8,16-19H,3,6-7,9-15H2,1-2,4-5H3/q+2/t16?,17?,18?,19?,23?,24?,66-,67?/m0/s1. The molecule has 3 heterocycles. The first-order chi connectivity index (χ1) is 30.7. The van der Waals surface area contributed by atoms with E-state index >= 15 is 39.9 Å². The molecule has 8 atom stereocenters. The number of nitrogens with zero attached hydrogens (tertiary/aromatic N) is 3. The summed E-state index contributed by atoms with van der Waals surface area (Å²) in [5, 5.41) is 0. The summed E-state index contributed by atoms with van der Waals surface area (Å²) in [6.07, 6.45) is -22.2. The minimum atomic E-state index is -8.35. The summed E-state index contributed by atoms with van der Waals surface area (Å²) in [6.45, 7) is 3.68. The molecule has 0 saturated carbocycles. The van der Waals surface area contributed by atoms with Crippen LogP contribution in [0.3, 0.4) is 0 Å². The second-order valence-electron chi connectivity index (χ2n) is 17.3. The highest BCUT2D eigenvalue weighted by Gasteiger charge is 2.96. The molecule has 0 aromatic rings. The van der Waals surface area contributed by atoms with Crippen LogP contribution in [0.4, 0.5) is 129 Å². The second-order valence-corrected chi connectivity index (χ2v) is 21.7. The Labute approximate surface area is 405 Å². The Balaban J connectivity index is 2.33. The van der Waals surface area contributed by atoms with E-state index in [1.807, 2.05) is 0 Å². The van der Waals surface area contributed by atoms with Gasteiger partial charge >= 0.3 is 89.7 Å². The molecule has 6 nitrogen and oxygen atoms in total. The SMILES string of the molecule is C=CCN1C(=O)[N+]2(C(=O)[N@+]3(CC(C(CCCC)C(F)(F)C(F)(F)C(F)(F)C(F)(F)C(F)(F)C(F)(F)F)C3(C)I)C1=O)C(CCCC)C(CC(F)(F)C(F)(F)C(F)(F)C(F)(F)C(F)(F)C(F)(F)F)C2(C)I. The van der Waals surface area contributed by atoms with Crippen molar-refractivity contribution < 1.29 is 138 Å². The Morgan fingerprint density at radius 1 is 0.614 bits per heavy atom. The number of unbranched alkanes of at least 4 members (excludes halogenated alkanes) is 2. The number of amides is 6.